The summed E-state index contributed by atoms with van der Waals surface area (Å²) in [5, 5.41) is 7.67. The van der Waals surface area contributed by atoms with Crippen LogP contribution in [0.25, 0.3) is 11.0 Å². The molecule has 0 saturated carbocycles. The fourth-order valence-electron chi connectivity index (χ4n) is 2.58. The van der Waals surface area contributed by atoms with Gasteiger partial charge in [-0.3, -0.25) is 4.68 Å². The number of nitrogens with zero attached hydrogens (tertiary/aromatic N) is 4. The van der Waals surface area contributed by atoms with Gasteiger partial charge in [-0.2, -0.15) is 23.3 Å². The molecule has 3 aromatic rings. The Morgan fingerprint density at radius 3 is 2.62 bits per heavy atom. The van der Waals surface area contributed by atoms with Crippen molar-refractivity contribution in [2.24, 2.45) is 0 Å². The van der Waals surface area contributed by atoms with Gasteiger partial charge >= 0.3 is 12.1 Å². The minimum atomic E-state index is -5.04. The van der Waals surface area contributed by atoms with Crippen molar-refractivity contribution in [3.05, 3.63) is 36.0 Å². The van der Waals surface area contributed by atoms with Crippen LogP contribution >= 0.6 is 0 Å². The average molecular weight is 408 g/mol. The van der Waals surface area contributed by atoms with Crippen LogP contribution in [-0.4, -0.2) is 38.4 Å². The summed E-state index contributed by atoms with van der Waals surface area (Å²) in [7, 11) is 0. The highest BCUT2D eigenvalue weighted by Crippen LogP contribution is 2.22. The van der Waals surface area contributed by atoms with Crippen LogP contribution in [0.1, 0.15) is 25.3 Å². The van der Waals surface area contributed by atoms with Gasteiger partial charge in [0, 0.05) is 6.54 Å². The average Bonchev–Trinajstić information content (AvgIpc) is 3.05. The van der Waals surface area contributed by atoms with Gasteiger partial charge in [0.05, 0.1) is 12.7 Å². The van der Waals surface area contributed by atoms with Gasteiger partial charge in [0.1, 0.15) is 11.3 Å². The number of esters is 1. The maximum absolute atomic E-state index is 12.3. The Kier molecular flexibility index (Phi) is 5.85. The maximum atomic E-state index is 12.3. The van der Waals surface area contributed by atoms with Crippen LogP contribution in [0.3, 0.4) is 0 Å². The van der Waals surface area contributed by atoms with Crippen LogP contribution in [0, 0.1) is 0 Å². The summed E-state index contributed by atoms with van der Waals surface area (Å²) in [5.74, 6) is -1.77. The van der Waals surface area contributed by atoms with Crippen LogP contribution in [0.2, 0.25) is 0 Å². The normalized spacial score (nSPS) is 11.6. The quantitative estimate of drug-likeness (QED) is 0.351. The monoisotopic (exact) mass is 408 g/mol. The first-order valence-electron chi connectivity index (χ1n) is 8.88. The predicted molar refractivity (Wildman–Crippen MR) is 100 cm³/mol. The number of alkyl halides is 3. The molecule has 3 rings (SSSR count). The molecule has 0 aliphatic carbocycles. The second-order valence-corrected chi connectivity index (χ2v) is 6.30. The van der Waals surface area contributed by atoms with E-state index in [1.54, 1.807) is 23.0 Å². The molecule has 0 bridgehead atoms. The van der Waals surface area contributed by atoms with Crippen molar-refractivity contribution >= 4 is 28.8 Å². The molecule has 3 N–H and O–H groups in total. The molecule has 0 radical (unpaired) electrons. The van der Waals surface area contributed by atoms with Gasteiger partial charge in [0.2, 0.25) is 5.95 Å². The number of nitrogens with two attached hydrogens (primary N) is 1. The highest BCUT2D eigenvalue weighted by Gasteiger charge is 2.41. The summed E-state index contributed by atoms with van der Waals surface area (Å²) >= 11 is 0. The molecule has 0 aliphatic heterocycles. The van der Waals surface area contributed by atoms with Crippen molar-refractivity contribution in [1.29, 1.82) is 0 Å². The van der Waals surface area contributed by atoms with Gasteiger partial charge in [0.25, 0.3) is 0 Å². The molecular formula is C18H19F3N6O2. The van der Waals surface area contributed by atoms with E-state index in [9.17, 15) is 18.0 Å². The Morgan fingerprint density at radius 1 is 1.24 bits per heavy atom. The first-order valence-corrected chi connectivity index (χ1v) is 8.88. The molecule has 0 unspecified atom stereocenters. The molecule has 11 heteroatoms. The van der Waals surface area contributed by atoms with E-state index in [0.29, 0.717) is 23.4 Å². The fourth-order valence-corrected chi connectivity index (χ4v) is 2.58. The maximum Gasteiger partial charge on any atom is 0.491 e. The number of rotatable bonds is 7. The van der Waals surface area contributed by atoms with Gasteiger partial charge in [-0.25, -0.2) is 9.78 Å². The Labute approximate surface area is 163 Å². The molecule has 154 valence electrons. The van der Waals surface area contributed by atoms with Gasteiger partial charge in [-0.1, -0.05) is 25.5 Å². The lowest BCUT2D eigenvalue weighted by molar-refractivity contribution is -0.189. The van der Waals surface area contributed by atoms with E-state index in [2.05, 4.69) is 32.0 Å². The van der Waals surface area contributed by atoms with Crippen molar-refractivity contribution in [2.75, 3.05) is 17.6 Å². The Hall–Kier alpha value is -3.37. The minimum absolute atomic E-state index is 0.131. The molecule has 0 atom stereocenters. The molecule has 29 heavy (non-hydrogen) atoms. The first-order chi connectivity index (χ1) is 13.8. The Bertz CT molecular complexity index is 1000. The van der Waals surface area contributed by atoms with E-state index < -0.39 is 12.1 Å². The zero-order valence-electron chi connectivity index (χ0n) is 15.5. The van der Waals surface area contributed by atoms with Crippen molar-refractivity contribution in [1.82, 2.24) is 19.7 Å². The second-order valence-electron chi connectivity index (χ2n) is 6.30. The summed E-state index contributed by atoms with van der Waals surface area (Å²) in [5.41, 5.74) is 7.65. The number of halogens is 3. The standard InChI is InChI=1S/C18H19F3N6O2/c1-2-3-8-23-15-14-13(24-17(22)25-15)10-27(26-14)9-11-4-6-12(7-5-11)29-16(28)18(19,20)21/h4-7,10H,2-3,8-9H2,1H3,(H3,22,23,24,25). The fraction of sp³-hybridized carbons (Fsp3) is 0.333. The first kappa shape index (κ1) is 20.4. The number of ether oxygens (including phenoxy) is 1. The molecule has 2 aromatic heterocycles. The molecule has 2 heterocycles. The second kappa shape index (κ2) is 8.33. The van der Waals surface area contributed by atoms with E-state index in [4.69, 9.17) is 5.73 Å². The molecule has 0 spiro atoms. The molecule has 0 amide bonds. The lowest BCUT2D eigenvalue weighted by atomic mass is 10.2. The SMILES string of the molecule is CCCCNc1nc(N)nc2cn(Cc3ccc(OC(=O)C(F)(F)F)cc3)nc12. The number of hydrogen-bond donors (Lipinski definition) is 2. The minimum Gasteiger partial charge on any atom is -0.420 e. The van der Waals surface area contributed by atoms with Crippen LogP contribution in [0.15, 0.2) is 30.5 Å². The Morgan fingerprint density at radius 2 is 1.97 bits per heavy atom. The topological polar surface area (TPSA) is 108 Å². The predicted octanol–water partition coefficient (Wildman–Crippen LogP) is 3.14. The number of unbranched alkanes of at least 4 members (excludes halogenated alkanes) is 1. The number of carbonyl (C=O) groups excluding carboxylic acids is 1. The van der Waals surface area contributed by atoms with Gasteiger partial charge in [-0.15, -0.1) is 0 Å². The van der Waals surface area contributed by atoms with Crippen LogP contribution in [0.5, 0.6) is 5.75 Å². The van der Waals surface area contributed by atoms with Gasteiger partial charge in [-0.05, 0) is 24.1 Å². The summed E-state index contributed by atoms with van der Waals surface area (Å²) in [6, 6.07) is 5.67. The summed E-state index contributed by atoms with van der Waals surface area (Å²) in [4.78, 5) is 19.2. The molecule has 0 saturated heterocycles. The van der Waals surface area contributed by atoms with Crippen molar-refractivity contribution < 1.29 is 22.7 Å². The number of anilines is 2. The largest absolute Gasteiger partial charge is 0.491 e. The number of aromatic nitrogens is 4. The molecule has 1 aromatic carbocycles. The number of benzene rings is 1. The van der Waals surface area contributed by atoms with Crippen molar-refractivity contribution in [2.45, 2.75) is 32.5 Å². The molecular weight excluding hydrogens is 389 g/mol. The number of fused-ring (bicyclic) bond motifs is 1. The molecule has 0 aliphatic rings. The lowest BCUT2D eigenvalue weighted by Gasteiger charge is -2.07. The van der Waals surface area contributed by atoms with E-state index in [0.717, 1.165) is 24.9 Å². The number of carbonyl (C=O) groups is 1. The van der Waals surface area contributed by atoms with Gasteiger partial charge < -0.3 is 15.8 Å². The third kappa shape index (κ3) is 5.12. The molecule has 8 nitrogen and oxygen atoms in total. The third-order valence-electron chi connectivity index (χ3n) is 3.96. The Balaban J connectivity index is 1.74. The van der Waals surface area contributed by atoms with E-state index in [1.165, 1.54) is 12.1 Å². The zero-order chi connectivity index (χ0) is 21.0. The van der Waals surface area contributed by atoms with Crippen LogP contribution in [0.4, 0.5) is 24.9 Å². The van der Waals surface area contributed by atoms with Crippen molar-refractivity contribution in [3.8, 4) is 5.75 Å². The number of hydrogen-bond acceptors (Lipinski definition) is 7. The smallest absolute Gasteiger partial charge is 0.420 e. The van der Waals surface area contributed by atoms with Gasteiger partial charge in [0.15, 0.2) is 11.3 Å². The highest BCUT2D eigenvalue weighted by atomic mass is 19.4. The molecule has 0 fully saturated rings. The number of nitrogens with one attached hydrogen (secondary N) is 1. The summed E-state index contributed by atoms with van der Waals surface area (Å²) in [6.45, 7) is 3.14. The van der Waals surface area contributed by atoms with E-state index in [1.807, 2.05) is 0 Å². The van der Waals surface area contributed by atoms with Crippen LogP contribution in [-0.2, 0) is 11.3 Å². The van der Waals surface area contributed by atoms with E-state index >= 15 is 0 Å². The van der Waals surface area contributed by atoms with Crippen molar-refractivity contribution in [3.63, 3.8) is 0 Å². The number of nitrogen functional groups attached to an aromatic ring is 1. The summed E-state index contributed by atoms with van der Waals surface area (Å²) in [6.07, 6.45) is -1.34. The zero-order valence-corrected chi connectivity index (χ0v) is 15.5. The summed E-state index contributed by atoms with van der Waals surface area (Å²) < 4.78 is 42.7. The lowest BCUT2D eigenvalue weighted by Crippen LogP contribution is -2.27. The highest BCUT2D eigenvalue weighted by molar-refractivity contribution is 5.85. The van der Waals surface area contributed by atoms with E-state index in [-0.39, 0.29) is 11.7 Å². The van der Waals surface area contributed by atoms with Crippen LogP contribution < -0.4 is 15.8 Å². The third-order valence-corrected chi connectivity index (χ3v) is 3.96.